The lowest BCUT2D eigenvalue weighted by atomic mass is 10.0. The number of nitro groups is 1. The number of hydrogen-bond donors (Lipinski definition) is 1. The van der Waals surface area contributed by atoms with E-state index in [4.69, 9.17) is 5.48 Å². The minimum Gasteiger partial charge on any atom is -0.295 e. The van der Waals surface area contributed by atoms with Gasteiger partial charge in [0.15, 0.2) is 0 Å². The number of hydrogen-bond acceptors (Lipinski definition) is 6. The van der Waals surface area contributed by atoms with Gasteiger partial charge in [-0.3, -0.25) is 39.5 Å². The zero-order chi connectivity index (χ0) is 19.6. The summed E-state index contributed by atoms with van der Waals surface area (Å²) < 4.78 is 30.9. The van der Waals surface area contributed by atoms with Crippen molar-refractivity contribution in [1.29, 1.82) is 0 Å². The topological polar surface area (TPSA) is 127 Å². The summed E-state index contributed by atoms with van der Waals surface area (Å²) in [4.78, 5) is 59.2. The zero-order valence-corrected chi connectivity index (χ0v) is 10.7. The Morgan fingerprint density at radius 3 is 2.68 bits per heavy atom. The standard InChI is InChI=1S/C13H9N3O6/c17-9-5-4-8(11(18)14-9)15-12(19)6-2-1-3-7(16(21)22)10(6)13(15)20/h1-3,8H,4-5H2,(H,14,17,18)/i4D2,5D2. The van der Waals surface area contributed by atoms with Gasteiger partial charge >= 0.3 is 0 Å². The summed E-state index contributed by atoms with van der Waals surface area (Å²) in [6.45, 7) is 0. The van der Waals surface area contributed by atoms with Crippen LogP contribution in [0.25, 0.3) is 0 Å². The molecule has 4 amide bonds. The molecule has 22 heavy (non-hydrogen) atoms. The van der Waals surface area contributed by atoms with E-state index < -0.39 is 64.2 Å². The maximum Gasteiger partial charge on any atom is 0.282 e. The zero-order valence-electron chi connectivity index (χ0n) is 14.7. The minimum absolute atomic E-state index is 0.122. The molecule has 1 atom stereocenters. The van der Waals surface area contributed by atoms with Crippen LogP contribution >= 0.6 is 0 Å². The van der Waals surface area contributed by atoms with Gasteiger partial charge in [0, 0.05) is 17.9 Å². The van der Waals surface area contributed by atoms with Gasteiger partial charge in [0.1, 0.15) is 11.6 Å². The number of nitrogens with one attached hydrogen (secondary N) is 1. The number of nitrogens with zero attached hydrogens (tertiary/aromatic N) is 2. The van der Waals surface area contributed by atoms with Crippen molar-refractivity contribution in [2.75, 3.05) is 0 Å². The Kier molecular flexibility index (Phi) is 2.10. The number of amides is 4. The molecular formula is C13H9N3O6. The second kappa shape index (κ2) is 4.72. The average Bonchev–Trinajstić information content (AvgIpc) is 2.78. The lowest BCUT2D eigenvalue weighted by molar-refractivity contribution is -0.385. The Bertz CT molecular complexity index is 915. The summed E-state index contributed by atoms with van der Waals surface area (Å²) >= 11 is 0. The third-order valence-electron chi connectivity index (χ3n) is 3.19. The van der Waals surface area contributed by atoms with Gasteiger partial charge in [-0.1, -0.05) is 6.07 Å². The van der Waals surface area contributed by atoms with Crippen LogP contribution in [0.1, 0.15) is 38.9 Å². The molecule has 2 aliphatic heterocycles. The van der Waals surface area contributed by atoms with Crippen LogP contribution in [0.15, 0.2) is 18.2 Å². The summed E-state index contributed by atoms with van der Waals surface area (Å²) in [5.41, 5.74) is -1.74. The molecule has 3 rings (SSSR count). The highest BCUT2D eigenvalue weighted by atomic mass is 16.6. The number of nitro benzene ring substituents is 1. The molecule has 2 aliphatic rings. The minimum atomic E-state index is -3.26. The van der Waals surface area contributed by atoms with Crippen LogP contribution in [-0.2, 0) is 9.59 Å². The molecule has 0 aliphatic carbocycles. The average molecular weight is 307 g/mol. The van der Waals surface area contributed by atoms with Gasteiger partial charge < -0.3 is 0 Å². The van der Waals surface area contributed by atoms with E-state index in [2.05, 4.69) is 0 Å². The Morgan fingerprint density at radius 1 is 1.27 bits per heavy atom. The van der Waals surface area contributed by atoms with E-state index in [1.54, 1.807) is 5.32 Å². The number of imide groups is 2. The largest absolute Gasteiger partial charge is 0.295 e. The van der Waals surface area contributed by atoms with Crippen molar-refractivity contribution in [1.82, 2.24) is 10.2 Å². The second-order valence-corrected chi connectivity index (χ2v) is 4.43. The number of carbonyl (C=O) groups excluding carboxylic acids is 4. The molecule has 0 spiro atoms. The van der Waals surface area contributed by atoms with Crippen molar-refractivity contribution in [2.45, 2.75) is 18.8 Å². The van der Waals surface area contributed by atoms with E-state index in [-0.39, 0.29) is 4.90 Å². The molecule has 2 heterocycles. The van der Waals surface area contributed by atoms with Gasteiger partial charge in [0.25, 0.3) is 17.5 Å². The van der Waals surface area contributed by atoms with Crippen molar-refractivity contribution < 1.29 is 29.6 Å². The molecule has 0 radical (unpaired) electrons. The molecule has 1 N–H and O–H groups in total. The van der Waals surface area contributed by atoms with Crippen LogP contribution in [0.3, 0.4) is 0 Å². The predicted molar refractivity (Wildman–Crippen MR) is 69.8 cm³/mol. The van der Waals surface area contributed by atoms with Gasteiger partial charge in [-0.15, -0.1) is 0 Å². The number of carbonyl (C=O) groups is 4. The summed E-state index contributed by atoms with van der Waals surface area (Å²) in [7, 11) is 0. The van der Waals surface area contributed by atoms with Crippen LogP contribution in [0, 0.1) is 10.1 Å². The first-order valence-corrected chi connectivity index (χ1v) is 5.93. The first-order valence-electron chi connectivity index (χ1n) is 7.93. The van der Waals surface area contributed by atoms with Crippen LogP contribution < -0.4 is 5.32 Å². The van der Waals surface area contributed by atoms with Gasteiger partial charge in [-0.05, 0) is 12.4 Å². The molecule has 112 valence electrons. The van der Waals surface area contributed by atoms with E-state index in [0.717, 1.165) is 18.2 Å². The van der Waals surface area contributed by atoms with Gasteiger partial charge in [-0.2, -0.15) is 0 Å². The van der Waals surface area contributed by atoms with Crippen molar-refractivity contribution in [3.63, 3.8) is 0 Å². The Labute approximate surface area is 128 Å². The van der Waals surface area contributed by atoms with Crippen LogP contribution in [0.2, 0.25) is 0 Å². The van der Waals surface area contributed by atoms with Gasteiger partial charge in [0.2, 0.25) is 11.8 Å². The molecule has 0 aromatic heterocycles. The smallest absolute Gasteiger partial charge is 0.282 e. The van der Waals surface area contributed by atoms with Crippen molar-refractivity contribution in [2.24, 2.45) is 0 Å². The Hall–Kier alpha value is -3.10. The number of piperidine rings is 1. The Morgan fingerprint density at radius 2 is 2.00 bits per heavy atom. The first-order chi connectivity index (χ1) is 11.9. The second-order valence-electron chi connectivity index (χ2n) is 4.43. The fourth-order valence-corrected chi connectivity index (χ4v) is 2.26. The molecule has 0 saturated carbocycles. The van der Waals surface area contributed by atoms with Gasteiger partial charge in [0.05, 0.1) is 10.5 Å². The fourth-order valence-electron chi connectivity index (χ4n) is 2.26. The molecule has 0 bridgehead atoms. The van der Waals surface area contributed by atoms with E-state index >= 15 is 0 Å². The van der Waals surface area contributed by atoms with E-state index in [1.165, 1.54) is 0 Å². The highest BCUT2D eigenvalue weighted by Crippen LogP contribution is 2.33. The highest BCUT2D eigenvalue weighted by Gasteiger charge is 2.47. The van der Waals surface area contributed by atoms with Crippen LogP contribution in [-0.4, -0.2) is 39.5 Å². The normalized spacial score (nSPS) is 28.2. The highest BCUT2D eigenvalue weighted by molar-refractivity contribution is 6.25. The fraction of sp³-hybridized carbons (Fsp3) is 0.231. The lowest BCUT2D eigenvalue weighted by Gasteiger charge is -2.27. The van der Waals surface area contributed by atoms with Crippen molar-refractivity contribution in [3.8, 4) is 0 Å². The molecule has 1 aromatic rings. The molecule has 1 saturated heterocycles. The molecule has 9 nitrogen and oxygen atoms in total. The third-order valence-corrected chi connectivity index (χ3v) is 3.19. The number of benzene rings is 1. The Balaban J connectivity index is 2.17. The third kappa shape index (κ3) is 1.86. The molecule has 1 aromatic carbocycles. The van der Waals surface area contributed by atoms with Crippen LogP contribution in [0.5, 0.6) is 0 Å². The van der Waals surface area contributed by atoms with Crippen molar-refractivity contribution >= 4 is 29.3 Å². The lowest BCUT2D eigenvalue weighted by Crippen LogP contribution is -2.54. The number of fused-ring (bicyclic) bond motifs is 1. The SMILES string of the molecule is [2H]C1([2H])C(=O)NC(=O)C(N2C(=O)c3cccc([N+](=O)[O-])c3C2=O)C1([2H])[2H]. The summed E-state index contributed by atoms with van der Waals surface area (Å²) in [5.74, 6) is -5.45. The van der Waals surface area contributed by atoms with E-state index in [1.807, 2.05) is 0 Å². The monoisotopic (exact) mass is 307 g/mol. The summed E-state index contributed by atoms with van der Waals surface area (Å²) in [6.07, 6.45) is -6.48. The van der Waals surface area contributed by atoms with Crippen LogP contribution in [0.4, 0.5) is 5.69 Å². The predicted octanol–water partition coefficient (Wildman–Crippen LogP) is -0.00400. The number of rotatable bonds is 2. The summed E-state index contributed by atoms with van der Waals surface area (Å²) in [6, 6.07) is 0.886. The van der Waals surface area contributed by atoms with Crippen molar-refractivity contribution in [3.05, 3.63) is 39.4 Å². The molecule has 1 fully saturated rings. The molecular weight excluding hydrogens is 294 g/mol. The molecule has 9 heteroatoms. The molecule has 1 unspecified atom stereocenters. The maximum atomic E-state index is 12.6. The van der Waals surface area contributed by atoms with E-state index in [0.29, 0.717) is 0 Å². The quantitative estimate of drug-likeness (QED) is 0.465. The van der Waals surface area contributed by atoms with E-state index in [9.17, 15) is 29.3 Å². The first kappa shape index (κ1) is 9.77. The maximum absolute atomic E-state index is 12.6. The summed E-state index contributed by atoms with van der Waals surface area (Å²) in [5, 5.41) is 12.7. The van der Waals surface area contributed by atoms with Gasteiger partial charge in [-0.25, -0.2) is 0 Å².